The number of aryl methyl sites for hydroxylation is 1. The van der Waals surface area contributed by atoms with E-state index in [9.17, 15) is 28.5 Å². The number of sulfonamides is 1. The van der Waals surface area contributed by atoms with Gasteiger partial charge in [0.2, 0.25) is 5.91 Å². The van der Waals surface area contributed by atoms with Crippen LogP contribution in [0.1, 0.15) is 55.2 Å². The molecule has 5 N–H and O–H groups in total. The molecule has 1 fully saturated rings. The molecule has 0 radical (unpaired) electrons. The van der Waals surface area contributed by atoms with Crippen molar-refractivity contribution in [1.82, 2.24) is 4.98 Å². The van der Waals surface area contributed by atoms with Crippen molar-refractivity contribution in [1.29, 1.82) is 0 Å². The Morgan fingerprint density at radius 1 is 1.18 bits per heavy atom. The maximum absolute atomic E-state index is 13.3. The maximum atomic E-state index is 13.3. The maximum Gasteiger partial charge on any atom is 0.263 e. The molecular weight excluding hydrogens is 550 g/mol. The highest BCUT2D eigenvalue weighted by Crippen LogP contribution is 2.63. The van der Waals surface area contributed by atoms with E-state index in [1.165, 1.54) is 23.5 Å². The van der Waals surface area contributed by atoms with Crippen LogP contribution < -0.4 is 10.0 Å². The van der Waals surface area contributed by atoms with E-state index in [-0.39, 0.29) is 46.5 Å². The van der Waals surface area contributed by atoms with Crippen LogP contribution in [0.3, 0.4) is 0 Å². The number of nitrogens with zero attached hydrogens (tertiary/aromatic N) is 1. The summed E-state index contributed by atoms with van der Waals surface area (Å²) in [4.78, 5) is 19.1. The summed E-state index contributed by atoms with van der Waals surface area (Å²) < 4.78 is 28.9. The Morgan fingerprint density at radius 2 is 1.90 bits per heavy atom. The Balaban J connectivity index is 1.51. The van der Waals surface area contributed by atoms with Gasteiger partial charge in [-0.15, -0.1) is 11.3 Å². The van der Waals surface area contributed by atoms with Gasteiger partial charge in [0, 0.05) is 34.4 Å². The number of aromatic hydroxyl groups is 1. The van der Waals surface area contributed by atoms with E-state index in [0.717, 1.165) is 10.4 Å². The first-order valence-electron chi connectivity index (χ1n) is 13.3. The van der Waals surface area contributed by atoms with Crippen LogP contribution in [0.15, 0.2) is 53.4 Å². The lowest BCUT2D eigenvalue weighted by molar-refractivity contribution is -0.143. The topological polar surface area (TPSA) is 149 Å². The largest absolute Gasteiger partial charge is 0.508 e. The highest BCUT2D eigenvalue weighted by molar-refractivity contribution is 7.93. The molecule has 1 heterocycles. The number of benzene rings is 2. The Labute approximate surface area is 238 Å². The predicted octanol–water partition coefficient (Wildman–Crippen LogP) is 4.40. The first-order valence-corrected chi connectivity index (χ1v) is 15.6. The molecular formula is C29H35N3O6S2. The van der Waals surface area contributed by atoms with Crippen molar-refractivity contribution in [3.05, 3.63) is 64.7 Å². The first kappa shape index (κ1) is 28.5. The standard InChI is InChI=1S/C29H35N3O6S2/c1-17-7-9-20(10-8-17)40(37,38)32-27-31-26-21(14-25(36)30-18-5-4-6-19(34)13-18)28(2)12-11-24(35)29(3,16-33)23(28)15-22(26)39-27/h4-10,13,21,23-24,33-35H,11-12,14-16H2,1-3H3,(H,30,36)(H,31,32). The summed E-state index contributed by atoms with van der Waals surface area (Å²) in [6, 6.07) is 12.9. The Morgan fingerprint density at radius 3 is 2.58 bits per heavy atom. The number of aliphatic hydroxyl groups is 2. The molecule has 1 amide bonds. The molecule has 1 aromatic heterocycles. The lowest BCUT2D eigenvalue weighted by Crippen LogP contribution is -2.57. The zero-order valence-electron chi connectivity index (χ0n) is 22.7. The summed E-state index contributed by atoms with van der Waals surface area (Å²) in [5, 5.41) is 34.3. The van der Waals surface area contributed by atoms with Crippen molar-refractivity contribution in [3.8, 4) is 5.75 Å². The van der Waals surface area contributed by atoms with Crippen molar-refractivity contribution < 1.29 is 28.5 Å². The van der Waals surface area contributed by atoms with Gasteiger partial charge in [-0.3, -0.25) is 9.52 Å². The molecule has 0 spiro atoms. The molecule has 5 atom stereocenters. The minimum atomic E-state index is -3.88. The van der Waals surface area contributed by atoms with Crippen LogP contribution >= 0.6 is 11.3 Å². The molecule has 1 saturated carbocycles. The number of rotatable bonds is 7. The van der Waals surface area contributed by atoms with Crippen LogP contribution in [0.25, 0.3) is 0 Å². The van der Waals surface area contributed by atoms with Crippen LogP contribution in [0, 0.1) is 23.7 Å². The highest BCUT2D eigenvalue weighted by Gasteiger charge is 2.59. The molecule has 0 bridgehead atoms. The van der Waals surface area contributed by atoms with Gasteiger partial charge in [0.15, 0.2) is 5.13 Å². The minimum Gasteiger partial charge on any atom is -0.508 e. The number of aromatic nitrogens is 1. The van der Waals surface area contributed by atoms with Crippen molar-refractivity contribution >= 4 is 38.1 Å². The lowest BCUT2D eigenvalue weighted by atomic mass is 9.47. The minimum absolute atomic E-state index is 0.0368. The van der Waals surface area contributed by atoms with E-state index in [2.05, 4.69) is 17.0 Å². The molecule has 5 unspecified atom stereocenters. The number of carbonyl (C=O) groups excluding carboxylic acids is 1. The van der Waals surface area contributed by atoms with Crippen LogP contribution in [0.2, 0.25) is 0 Å². The average molecular weight is 586 g/mol. The third-order valence-electron chi connectivity index (χ3n) is 8.97. The third kappa shape index (κ3) is 5.11. The number of hydrogen-bond acceptors (Lipinski definition) is 8. The van der Waals surface area contributed by atoms with E-state index in [4.69, 9.17) is 4.98 Å². The number of fused-ring (bicyclic) bond motifs is 2. The molecule has 2 aromatic carbocycles. The second-order valence-corrected chi connectivity index (χ2v) is 14.3. The molecule has 214 valence electrons. The highest BCUT2D eigenvalue weighted by atomic mass is 32.2. The number of aliphatic hydroxyl groups excluding tert-OH is 2. The number of nitrogens with one attached hydrogen (secondary N) is 2. The van der Waals surface area contributed by atoms with Gasteiger partial charge in [-0.2, -0.15) is 0 Å². The Hall–Kier alpha value is -2.99. The van der Waals surface area contributed by atoms with Crippen molar-refractivity contribution in [2.75, 3.05) is 16.6 Å². The number of thiazole rings is 1. The second-order valence-electron chi connectivity index (χ2n) is 11.6. The van der Waals surface area contributed by atoms with Crippen LogP contribution in [-0.4, -0.2) is 47.3 Å². The van der Waals surface area contributed by atoms with E-state index >= 15 is 0 Å². The molecule has 0 saturated heterocycles. The SMILES string of the molecule is Cc1ccc(S(=O)(=O)Nc2nc3c(s2)CC2C(C)(CO)C(O)CCC2(C)C3CC(=O)Nc2cccc(O)c2)cc1. The fourth-order valence-electron chi connectivity index (χ4n) is 6.56. The van der Waals surface area contributed by atoms with Gasteiger partial charge in [-0.05, 0) is 61.8 Å². The number of amides is 1. The molecule has 40 heavy (non-hydrogen) atoms. The number of hydrogen-bond donors (Lipinski definition) is 5. The molecule has 5 rings (SSSR count). The Kier molecular flexibility index (Phi) is 7.45. The smallest absolute Gasteiger partial charge is 0.263 e. The monoisotopic (exact) mass is 585 g/mol. The molecule has 2 aliphatic carbocycles. The van der Waals surface area contributed by atoms with Crippen molar-refractivity contribution in [2.24, 2.45) is 16.7 Å². The predicted molar refractivity (Wildman–Crippen MR) is 154 cm³/mol. The summed E-state index contributed by atoms with van der Waals surface area (Å²) in [6.07, 6.45) is 0.975. The van der Waals surface area contributed by atoms with E-state index in [0.29, 0.717) is 30.6 Å². The zero-order valence-corrected chi connectivity index (χ0v) is 24.3. The van der Waals surface area contributed by atoms with Crippen LogP contribution in [0.4, 0.5) is 10.8 Å². The summed E-state index contributed by atoms with van der Waals surface area (Å²) >= 11 is 1.23. The van der Waals surface area contributed by atoms with Crippen molar-refractivity contribution in [2.45, 2.75) is 63.4 Å². The zero-order chi connectivity index (χ0) is 28.9. The number of anilines is 2. The van der Waals surface area contributed by atoms with Gasteiger partial charge in [-0.25, -0.2) is 13.4 Å². The summed E-state index contributed by atoms with van der Waals surface area (Å²) in [5.74, 6) is -0.780. The first-order chi connectivity index (χ1) is 18.9. The van der Waals surface area contributed by atoms with E-state index < -0.39 is 27.0 Å². The van der Waals surface area contributed by atoms with Crippen LogP contribution in [0.5, 0.6) is 5.75 Å². The molecule has 0 aliphatic heterocycles. The number of carbonyl (C=O) groups is 1. The third-order valence-corrected chi connectivity index (χ3v) is 11.5. The summed E-state index contributed by atoms with van der Waals surface area (Å²) in [5.41, 5.74) is 0.803. The van der Waals surface area contributed by atoms with Crippen molar-refractivity contribution in [3.63, 3.8) is 0 Å². The van der Waals surface area contributed by atoms with Gasteiger partial charge < -0.3 is 20.6 Å². The fourth-order valence-corrected chi connectivity index (χ4v) is 8.87. The van der Waals surface area contributed by atoms with Gasteiger partial charge in [0.1, 0.15) is 5.75 Å². The lowest BCUT2D eigenvalue weighted by Gasteiger charge is -2.58. The normalized spacial score (nSPS) is 27.9. The second kappa shape index (κ2) is 10.4. The molecule has 2 aliphatic rings. The summed E-state index contributed by atoms with van der Waals surface area (Å²) in [7, 11) is -3.88. The van der Waals surface area contributed by atoms with Gasteiger partial charge in [0.25, 0.3) is 10.0 Å². The molecule has 11 heteroatoms. The molecule has 3 aromatic rings. The van der Waals surface area contributed by atoms with Gasteiger partial charge in [0.05, 0.1) is 23.3 Å². The van der Waals surface area contributed by atoms with Crippen LogP contribution in [-0.2, 0) is 21.2 Å². The Bertz CT molecular complexity index is 1520. The average Bonchev–Trinajstić information content (AvgIpc) is 3.29. The quantitative estimate of drug-likeness (QED) is 0.276. The number of phenols is 1. The number of phenolic OH excluding ortho intramolecular Hbond substituents is 1. The fraction of sp³-hybridized carbons (Fsp3) is 0.448. The van der Waals surface area contributed by atoms with Gasteiger partial charge in [-0.1, -0.05) is 37.6 Å². The van der Waals surface area contributed by atoms with E-state index in [1.54, 1.807) is 36.4 Å². The van der Waals surface area contributed by atoms with E-state index in [1.807, 2.05) is 13.8 Å². The summed E-state index contributed by atoms with van der Waals surface area (Å²) in [6.45, 7) is 5.64. The van der Waals surface area contributed by atoms with Gasteiger partial charge >= 0.3 is 0 Å². The molecule has 9 nitrogen and oxygen atoms in total.